The first-order chi connectivity index (χ1) is 7.40. The van der Waals surface area contributed by atoms with Crippen LogP contribution in [0.1, 0.15) is 11.4 Å². The van der Waals surface area contributed by atoms with Crippen molar-refractivity contribution in [3.05, 3.63) is 54.1 Å². The van der Waals surface area contributed by atoms with Crippen LogP contribution in [0.5, 0.6) is 0 Å². The summed E-state index contributed by atoms with van der Waals surface area (Å²) >= 11 is 0. The second-order valence-electron chi connectivity index (χ2n) is 3.49. The Morgan fingerprint density at radius 2 is 2.13 bits per heavy atom. The average molecular weight is 201 g/mol. The smallest absolute Gasteiger partial charge is 0.0645 e. The fourth-order valence-corrected chi connectivity index (χ4v) is 1.64. The summed E-state index contributed by atoms with van der Waals surface area (Å²) in [6.45, 7) is 1.51. The van der Waals surface area contributed by atoms with Gasteiger partial charge in [-0.15, -0.1) is 0 Å². The van der Waals surface area contributed by atoms with Gasteiger partial charge in [-0.1, -0.05) is 6.07 Å². The van der Waals surface area contributed by atoms with Crippen molar-refractivity contribution in [2.24, 2.45) is 5.73 Å². The maximum atomic E-state index is 5.55. The molecule has 2 N–H and O–H groups in total. The predicted molar refractivity (Wildman–Crippen MR) is 60.5 cm³/mol. The Morgan fingerprint density at radius 1 is 1.20 bits per heavy atom. The molecule has 0 aliphatic heterocycles. The minimum atomic E-state index is 0.687. The van der Waals surface area contributed by atoms with Crippen molar-refractivity contribution in [3.8, 4) is 0 Å². The van der Waals surface area contributed by atoms with E-state index >= 15 is 0 Å². The molecule has 78 valence electrons. The molecule has 0 radical (unpaired) electrons. The number of rotatable bonds is 4. The molecule has 2 aromatic heterocycles. The summed E-state index contributed by atoms with van der Waals surface area (Å²) in [5.41, 5.74) is 7.90. The molecule has 3 nitrogen and oxygen atoms in total. The molecule has 2 aromatic rings. The zero-order valence-electron chi connectivity index (χ0n) is 8.63. The van der Waals surface area contributed by atoms with Gasteiger partial charge in [0.2, 0.25) is 0 Å². The van der Waals surface area contributed by atoms with Gasteiger partial charge in [0.05, 0.1) is 12.2 Å². The SMILES string of the molecule is NCCc1cccn1Cc1ccccn1. The molecule has 0 unspecified atom stereocenters. The molecule has 2 rings (SSSR count). The van der Waals surface area contributed by atoms with Gasteiger partial charge in [-0.3, -0.25) is 4.98 Å². The number of hydrogen-bond acceptors (Lipinski definition) is 2. The van der Waals surface area contributed by atoms with Crippen LogP contribution in [0.25, 0.3) is 0 Å². The van der Waals surface area contributed by atoms with Crippen molar-refractivity contribution in [2.45, 2.75) is 13.0 Å². The molecule has 3 heteroatoms. The van der Waals surface area contributed by atoms with Gasteiger partial charge in [0, 0.05) is 18.1 Å². The number of pyridine rings is 1. The van der Waals surface area contributed by atoms with Crippen LogP contribution in [0, 0.1) is 0 Å². The van der Waals surface area contributed by atoms with Crippen LogP contribution >= 0.6 is 0 Å². The van der Waals surface area contributed by atoms with Gasteiger partial charge in [-0.25, -0.2) is 0 Å². The van der Waals surface area contributed by atoms with Gasteiger partial charge in [-0.2, -0.15) is 0 Å². The maximum Gasteiger partial charge on any atom is 0.0645 e. The Hall–Kier alpha value is -1.61. The van der Waals surface area contributed by atoms with Crippen molar-refractivity contribution < 1.29 is 0 Å². The Balaban J connectivity index is 2.14. The first-order valence-corrected chi connectivity index (χ1v) is 5.14. The molecule has 0 fully saturated rings. The fourth-order valence-electron chi connectivity index (χ4n) is 1.64. The molecular weight excluding hydrogens is 186 g/mol. The summed E-state index contributed by atoms with van der Waals surface area (Å²) in [4.78, 5) is 4.30. The topological polar surface area (TPSA) is 43.8 Å². The molecule has 0 atom stereocenters. The Labute approximate surface area is 89.6 Å². The van der Waals surface area contributed by atoms with E-state index in [-0.39, 0.29) is 0 Å². The summed E-state index contributed by atoms with van der Waals surface area (Å²) in [5.74, 6) is 0. The normalized spacial score (nSPS) is 10.5. The van der Waals surface area contributed by atoms with Gasteiger partial charge >= 0.3 is 0 Å². The summed E-state index contributed by atoms with van der Waals surface area (Å²) < 4.78 is 2.19. The van der Waals surface area contributed by atoms with Crippen LogP contribution in [-0.4, -0.2) is 16.1 Å². The third-order valence-corrected chi connectivity index (χ3v) is 2.38. The highest BCUT2D eigenvalue weighted by Gasteiger charge is 2.00. The van der Waals surface area contributed by atoms with Crippen molar-refractivity contribution in [2.75, 3.05) is 6.54 Å². The maximum absolute atomic E-state index is 5.55. The lowest BCUT2D eigenvalue weighted by molar-refractivity contribution is 0.721. The zero-order chi connectivity index (χ0) is 10.5. The Kier molecular flexibility index (Phi) is 3.15. The van der Waals surface area contributed by atoms with E-state index in [2.05, 4.69) is 21.8 Å². The first-order valence-electron chi connectivity index (χ1n) is 5.14. The Bertz CT molecular complexity index is 406. The molecule has 2 heterocycles. The lowest BCUT2D eigenvalue weighted by atomic mass is 10.3. The lowest BCUT2D eigenvalue weighted by Gasteiger charge is -2.07. The van der Waals surface area contributed by atoms with Gasteiger partial charge in [0.25, 0.3) is 0 Å². The van der Waals surface area contributed by atoms with E-state index in [9.17, 15) is 0 Å². The molecule has 0 aliphatic rings. The standard InChI is InChI=1S/C12H15N3/c13-7-6-12-5-3-9-15(12)10-11-4-1-2-8-14-11/h1-5,8-9H,6-7,10,13H2. The monoisotopic (exact) mass is 201 g/mol. The number of hydrogen-bond donors (Lipinski definition) is 1. The molecule has 0 spiro atoms. The van der Waals surface area contributed by atoms with Crippen LogP contribution in [-0.2, 0) is 13.0 Å². The molecular formula is C12H15N3. The summed E-state index contributed by atoms with van der Waals surface area (Å²) in [7, 11) is 0. The van der Waals surface area contributed by atoms with Crippen LogP contribution in [0.15, 0.2) is 42.7 Å². The fraction of sp³-hybridized carbons (Fsp3) is 0.250. The highest BCUT2D eigenvalue weighted by molar-refractivity contribution is 5.11. The largest absolute Gasteiger partial charge is 0.345 e. The third kappa shape index (κ3) is 2.44. The highest BCUT2D eigenvalue weighted by atomic mass is 15.0. The quantitative estimate of drug-likeness (QED) is 0.813. The molecule has 0 saturated heterocycles. The summed E-state index contributed by atoms with van der Waals surface area (Å²) in [6.07, 6.45) is 4.81. The van der Waals surface area contributed by atoms with Crippen molar-refractivity contribution >= 4 is 0 Å². The van der Waals surface area contributed by atoms with E-state index in [1.807, 2.05) is 30.5 Å². The minimum absolute atomic E-state index is 0.687. The molecule has 0 saturated carbocycles. The van der Waals surface area contributed by atoms with Crippen molar-refractivity contribution in [1.82, 2.24) is 9.55 Å². The number of nitrogens with zero attached hydrogens (tertiary/aromatic N) is 2. The lowest BCUT2D eigenvalue weighted by Crippen LogP contribution is -2.09. The van der Waals surface area contributed by atoms with E-state index in [1.54, 1.807) is 0 Å². The zero-order valence-corrected chi connectivity index (χ0v) is 8.63. The van der Waals surface area contributed by atoms with Gasteiger partial charge < -0.3 is 10.3 Å². The average Bonchev–Trinajstić information content (AvgIpc) is 2.68. The number of aromatic nitrogens is 2. The second-order valence-corrected chi connectivity index (χ2v) is 3.49. The van der Waals surface area contributed by atoms with E-state index in [1.165, 1.54) is 5.69 Å². The van der Waals surface area contributed by atoms with Crippen molar-refractivity contribution in [1.29, 1.82) is 0 Å². The third-order valence-electron chi connectivity index (χ3n) is 2.38. The van der Waals surface area contributed by atoms with Crippen LogP contribution < -0.4 is 5.73 Å². The molecule has 0 amide bonds. The highest BCUT2D eigenvalue weighted by Crippen LogP contribution is 2.06. The van der Waals surface area contributed by atoms with Gasteiger partial charge in [-0.05, 0) is 37.2 Å². The van der Waals surface area contributed by atoms with Crippen LogP contribution in [0.3, 0.4) is 0 Å². The van der Waals surface area contributed by atoms with Crippen LogP contribution in [0.2, 0.25) is 0 Å². The molecule has 0 bridgehead atoms. The van der Waals surface area contributed by atoms with E-state index in [4.69, 9.17) is 5.73 Å². The first kappa shape index (κ1) is 9.93. The minimum Gasteiger partial charge on any atom is -0.345 e. The Morgan fingerprint density at radius 3 is 2.87 bits per heavy atom. The van der Waals surface area contributed by atoms with Crippen LogP contribution in [0.4, 0.5) is 0 Å². The predicted octanol–water partition coefficient (Wildman–Crippen LogP) is 1.43. The summed E-state index contributed by atoms with van der Waals surface area (Å²) in [5, 5.41) is 0. The van der Waals surface area contributed by atoms with Crippen molar-refractivity contribution in [3.63, 3.8) is 0 Å². The molecule has 0 aliphatic carbocycles. The molecule has 0 aromatic carbocycles. The second kappa shape index (κ2) is 4.75. The van der Waals surface area contributed by atoms with E-state index < -0.39 is 0 Å². The summed E-state index contributed by atoms with van der Waals surface area (Å²) in [6, 6.07) is 10.1. The number of nitrogens with two attached hydrogens (primary N) is 1. The van der Waals surface area contributed by atoms with Gasteiger partial charge in [0.15, 0.2) is 0 Å². The molecule has 15 heavy (non-hydrogen) atoms. The van der Waals surface area contributed by atoms with E-state index in [0.29, 0.717) is 6.54 Å². The van der Waals surface area contributed by atoms with Gasteiger partial charge in [0.1, 0.15) is 0 Å². The van der Waals surface area contributed by atoms with E-state index in [0.717, 1.165) is 18.7 Å².